The molecule has 0 saturated heterocycles. The standard InChI is InChI=1S/C13H18INO4/c1-17-6-4-5-15-13(16)9-7-10(14)12(19-3)11(8-9)18-2/h7-8H,4-6H2,1-3H3,(H,15,16). The molecule has 0 atom stereocenters. The summed E-state index contributed by atoms with van der Waals surface area (Å²) >= 11 is 2.11. The second-order valence-corrected chi connectivity index (χ2v) is 4.96. The highest BCUT2D eigenvalue weighted by molar-refractivity contribution is 14.1. The summed E-state index contributed by atoms with van der Waals surface area (Å²) in [5, 5.41) is 2.83. The van der Waals surface area contributed by atoms with E-state index in [1.165, 1.54) is 0 Å². The number of carbonyl (C=O) groups is 1. The molecule has 106 valence electrons. The summed E-state index contributed by atoms with van der Waals surface area (Å²) in [5.74, 6) is 1.06. The first-order chi connectivity index (χ1) is 9.13. The van der Waals surface area contributed by atoms with Crippen molar-refractivity contribution >= 4 is 28.5 Å². The highest BCUT2D eigenvalue weighted by Gasteiger charge is 2.14. The van der Waals surface area contributed by atoms with E-state index < -0.39 is 0 Å². The molecule has 0 aliphatic rings. The van der Waals surface area contributed by atoms with Crippen LogP contribution in [0.4, 0.5) is 0 Å². The minimum absolute atomic E-state index is 0.130. The van der Waals surface area contributed by atoms with Crippen molar-refractivity contribution in [3.05, 3.63) is 21.3 Å². The van der Waals surface area contributed by atoms with Crippen LogP contribution >= 0.6 is 22.6 Å². The maximum atomic E-state index is 12.0. The summed E-state index contributed by atoms with van der Waals surface area (Å²) in [6.45, 7) is 1.21. The third-order valence-electron chi connectivity index (χ3n) is 2.51. The molecule has 1 aromatic rings. The molecule has 0 heterocycles. The maximum absolute atomic E-state index is 12.0. The summed E-state index contributed by atoms with van der Waals surface area (Å²) in [4.78, 5) is 12.0. The number of ether oxygens (including phenoxy) is 3. The van der Waals surface area contributed by atoms with E-state index in [-0.39, 0.29) is 5.91 Å². The molecule has 0 unspecified atom stereocenters. The van der Waals surface area contributed by atoms with Crippen LogP contribution in [0.2, 0.25) is 0 Å². The molecule has 0 spiro atoms. The number of amides is 1. The first-order valence-corrected chi connectivity index (χ1v) is 6.90. The molecule has 0 fully saturated rings. The SMILES string of the molecule is COCCCNC(=O)c1cc(I)c(OC)c(OC)c1. The van der Waals surface area contributed by atoms with Gasteiger partial charge in [-0.15, -0.1) is 0 Å². The molecule has 1 aromatic carbocycles. The lowest BCUT2D eigenvalue weighted by Gasteiger charge is -2.12. The minimum Gasteiger partial charge on any atom is -0.493 e. The van der Waals surface area contributed by atoms with E-state index in [0.29, 0.717) is 30.2 Å². The molecule has 0 radical (unpaired) electrons. The van der Waals surface area contributed by atoms with E-state index in [9.17, 15) is 4.79 Å². The van der Waals surface area contributed by atoms with Crippen molar-refractivity contribution in [1.82, 2.24) is 5.32 Å². The topological polar surface area (TPSA) is 56.8 Å². The Labute approximate surface area is 126 Å². The molecule has 0 saturated carbocycles. The smallest absolute Gasteiger partial charge is 0.251 e. The molecule has 1 amide bonds. The summed E-state index contributed by atoms with van der Waals surface area (Å²) in [6.07, 6.45) is 0.784. The third-order valence-corrected chi connectivity index (χ3v) is 3.31. The Balaban J connectivity index is 2.77. The highest BCUT2D eigenvalue weighted by atomic mass is 127. The van der Waals surface area contributed by atoms with Gasteiger partial charge >= 0.3 is 0 Å². The van der Waals surface area contributed by atoms with Gasteiger partial charge in [0.25, 0.3) is 5.91 Å². The molecule has 6 heteroatoms. The van der Waals surface area contributed by atoms with Gasteiger partial charge in [-0.1, -0.05) is 0 Å². The van der Waals surface area contributed by atoms with Gasteiger partial charge < -0.3 is 19.5 Å². The fourth-order valence-corrected chi connectivity index (χ4v) is 2.39. The zero-order valence-corrected chi connectivity index (χ0v) is 13.4. The summed E-state index contributed by atoms with van der Waals surface area (Å²) in [7, 11) is 4.76. The van der Waals surface area contributed by atoms with Crippen molar-refractivity contribution in [3.63, 3.8) is 0 Å². The maximum Gasteiger partial charge on any atom is 0.251 e. The number of hydrogen-bond acceptors (Lipinski definition) is 4. The number of hydrogen-bond donors (Lipinski definition) is 1. The van der Waals surface area contributed by atoms with Gasteiger partial charge in [-0.25, -0.2) is 0 Å². The monoisotopic (exact) mass is 379 g/mol. The van der Waals surface area contributed by atoms with Crippen LogP contribution in [0.15, 0.2) is 12.1 Å². The summed E-state index contributed by atoms with van der Waals surface area (Å²) < 4.78 is 16.2. The molecular weight excluding hydrogens is 361 g/mol. The van der Waals surface area contributed by atoms with Crippen molar-refractivity contribution in [2.45, 2.75) is 6.42 Å². The van der Waals surface area contributed by atoms with E-state index in [1.807, 2.05) is 0 Å². The molecule has 0 bridgehead atoms. The van der Waals surface area contributed by atoms with Crippen LogP contribution in [0.25, 0.3) is 0 Å². The van der Waals surface area contributed by atoms with E-state index in [2.05, 4.69) is 27.9 Å². The van der Waals surface area contributed by atoms with Gasteiger partial charge in [0.1, 0.15) is 0 Å². The molecule has 1 rings (SSSR count). The van der Waals surface area contributed by atoms with Crippen molar-refractivity contribution in [2.75, 3.05) is 34.5 Å². The first kappa shape index (κ1) is 16.0. The zero-order chi connectivity index (χ0) is 14.3. The number of rotatable bonds is 7. The highest BCUT2D eigenvalue weighted by Crippen LogP contribution is 2.33. The average molecular weight is 379 g/mol. The normalized spacial score (nSPS) is 10.1. The van der Waals surface area contributed by atoms with Crippen LogP contribution < -0.4 is 14.8 Å². The molecule has 19 heavy (non-hydrogen) atoms. The van der Waals surface area contributed by atoms with Gasteiger partial charge in [0, 0.05) is 25.8 Å². The van der Waals surface area contributed by atoms with Gasteiger partial charge in [0.15, 0.2) is 11.5 Å². The van der Waals surface area contributed by atoms with Gasteiger partial charge in [-0.05, 0) is 41.1 Å². The molecule has 5 nitrogen and oxygen atoms in total. The molecular formula is C13H18INO4. The van der Waals surface area contributed by atoms with E-state index in [0.717, 1.165) is 9.99 Å². The van der Waals surface area contributed by atoms with Crippen LogP contribution in [0.3, 0.4) is 0 Å². The number of methoxy groups -OCH3 is 3. The Morgan fingerprint density at radius 1 is 1.26 bits per heavy atom. The van der Waals surface area contributed by atoms with Gasteiger partial charge in [0.05, 0.1) is 17.8 Å². The van der Waals surface area contributed by atoms with E-state index in [1.54, 1.807) is 33.5 Å². The predicted molar refractivity (Wildman–Crippen MR) is 81.1 cm³/mol. The lowest BCUT2D eigenvalue weighted by Crippen LogP contribution is -2.25. The third kappa shape index (κ3) is 4.54. The second-order valence-electron chi connectivity index (χ2n) is 3.80. The number of nitrogens with one attached hydrogen (secondary N) is 1. The van der Waals surface area contributed by atoms with E-state index >= 15 is 0 Å². The van der Waals surface area contributed by atoms with Gasteiger partial charge in [-0.3, -0.25) is 4.79 Å². The summed E-state index contributed by atoms with van der Waals surface area (Å²) in [6, 6.07) is 3.44. The van der Waals surface area contributed by atoms with Crippen molar-refractivity contribution in [2.24, 2.45) is 0 Å². The molecule has 1 N–H and O–H groups in total. The van der Waals surface area contributed by atoms with Crippen molar-refractivity contribution in [1.29, 1.82) is 0 Å². The first-order valence-electron chi connectivity index (χ1n) is 5.82. The van der Waals surface area contributed by atoms with Gasteiger partial charge in [-0.2, -0.15) is 0 Å². The van der Waals surface area contributed by atoms with Crippen LogP contribution in [0, 0.1) is 3.57 Å². The zero-order valence-electron chi connectivity index (χ0n) is 11.3. The minimum atomic E-state index is -0.130. The molecule has 0 aliphatic carbocycles. The Hall–Kier alpha value is -1.02. The lowest BCUT2D eigenvalue weighted by molar-refractivity contribution is 0.0948. The fourth-order valence-electron chi connectivity index (χ4n) is 1.57. The van der Waals surface area contributed by atoms with Crippen molar-refractivity contribution in [3.8, 4) is 11.5 Å². The van der Waals surface area contributed by atoms with Crippen LogP contribution in [-0.4, -0.2) is 40.4 Å². The quantitative estimate of drug-likeness (QED) is 0.582. The Bertz CT molecular complexity index is 437. The largest absolute Gasteiger partial charge is 0.493 e. The number of carbonyl (C=O) groups excluding carboxylic acids is 1. The van der Waals surface area contributed by atoms with Crippen LogP contribution in [-0.2, 0) is 4.74 Å². The van der Waals surface area contributed by atoms with Gasteiger partial charge in [0.2, 0.25) is 0 Å². The molecule has 0 aromatic heterocycles. The Morgan fingerprint density at radius 2 is 2.00 bits per heavy atom. The van der Waals surface area contributed by atoms with Crippen LogP contribution in [0.1, 0.15) is 16.8 Å². The molecule has 0 aliphatic heterocycles. The van der Waals surface area contributed by atoms with Crippen LogP contribution in [0.5, 0.6) is 11.5 Å². The number of benzene rings is 1. The fraction of sp³-hybridized carbons (Fsp3) is 0.462. The lowest BCUT2D eigenvalue weighted by atomic mass is 10.2. The Kier molecular flexibility index (Phi) is 6.93. The average Bonchev–Trinajstić information content (AvgIpc) is 2.42. The van der Waals surface area contributed by atoms with Crippen molar-refractivity contribution < 1.29 is 19.0 Å². The second kappa shape index (κ2) is 8.21. The predicted octanol–water partition coefficient (Wildman–Crippen LogP) is 2.07. The summed E-state index contributed by atoms with van der Waals surface area (Å²) in [5.41, 5.74) is 0.555. The Morgan fingerprint density at radius 3 is 2.58 bits per heavy atom. The van der Waals surface area contributed by atoms with E-state index in [4.69, 9.17) is 14.2 Å². The number of halogens is 1.